The van der Waals surface area contributed by atoms with Gasteiger partial charge >= 0.3 is 0 Å². The highest BCUT2D eigenvalue weighted by molar-refractivity contribution is 5.22. The maximum absolute atomic E-state index is 5.82. The number of aromatic amines is 1. The van der Waals surface area contributed by atoms with Crippen molar-refractivity contribution >= 4 is 0 Å². The zero-order valence-electron chi connectivity index (χ0n) is 13.3. The number of H-pyrrole nitrogens is 1. The van der Waals surface area contributed by atoms with E-state index in [9.17, 15) is 0 Å². The second-order valence-corrected chi connectivity index (χ2v) is 6.22. The minimum Gasteiger partial charge on any atom is -0.377 e. The fourth-order valence-corrected chi connectivity index (χ4v) is 3.08. The van der Waals surface area contributed by atoms with Gasteiger partial charge < -0.3 is 4.74 Å². The largest absolute Gasteiger partial charge is 0.377 e. The summed E-state index contributed by atoms with van der Waals surface area (Å²) in [5, 5.41) is 6.92. The molecule has 0 saturated carbocycles. The molecule has 1 aliphatic rings. The normalized spacial score (nSPS) is 18.2. The summed E-state index contributed by atoms with van der Waals surface area (Å²) in [6, 6.07) is 8.79. The van der Waals surface area contributed by atoms with E-state index in [2.05, 4.69) is 46.3 Å². The number of nitrogens with zero attached hydrogens (tertiary/aromatic N) is 2. The van der Waals surface area contributed by atoms with E-state index in [0.717, 1.165) is 32.7 Å². The molecule has 0 aliphatic carbocycles. The van der Waals surface area contributed by atoms with Gasteiger partial charge in [-0.05, 0) is 37.3 Å². The summed E-state index contributed by atoms with van der Waals surface area (Å²) < 4.78 is 5.82. The molecule has 1 aliphatic heterocycles. The smallest absolute Gasteiger partial charge is 0.0702 e. The molecule has 2 aromatic rings. The number of ether oxygens (including phenoxy) is 1. The minimum atomic E-state index is 0.397. The fraction of sp³-hybridized carbons (Fsp3) is 0.500. The second-order valence-electron chi connectivity index (χ2n) is 6.22. The Kier molecular flexibility index (Phi) is 5.24. The number of hydrogen-bond donors (Lipinski definition) is 1. The number of aryl methyl sites for hydroxylation is 1. The van der Waals surface area contributed by atoms with Crippen molar-refractivity contribution < 1.29 is 4.74 Å². The van der Waals surface area contributed by atoms with Crippen LogP contribution in [0.2, 0.25) is 0 Å². The van der Waals surface area contributed by atoms with Crippen LogP contribution in [0.25, 0.3) is 0 Å². The van der Waals surface area contributed by atoms with Crippen molar-refractivity contribution in [3.05, 3.63) is 53.3 Å². The van der Waals surface area contributed by atoms with Gasteiger partial charge in [0.2, 0.25) is 0 Å². The Morgan fingerprint density at radius 1 is 1.36 bits per heavy atom. The van der Waals surface area contributed by atoms with Crippen LogP contribution in [-0.2, 0) is 17.7 Å². The Labute approximate surface area is 132 Å². The Morgan fingerprint density at radius 3 is 3.05 bits per heavy atom. The molecule has 1 fully saturated rings. The summed E-state index contributed by atoms with van der Waals surface area (Å²) in [6.07, 6.45) is 7.71. The number of aromatic nitrogens is 2. The molecule has 22 heavy (non-hydrogen) atoms. The van der Waals surface area contributed by atoms with E-state index >= 15 is 0 Å². The summed E-state index contributed by atoms with van der Waals surface area (Å²) >= 11 is 0. The molecular formula is C18H25N3O. The van der Waals surface area contributed by atoms with Gasteiger partial charge in [-0.1, -0.05) is 29.8 Å². The van der Waals surface area contributed by atoms with E-state index in [1.165, 1.54) is 29.5 Å². The molecule has 4 heteroatoms. The summed E-state index contributed by atoms with van der Waals surface area (Å²) in [5.74, 6) is 0. The molecular weight excluding hydrogens is 274 g/mol. The highest BCUT2D eigenvalue weighted by Gasteiger charge is 2.19. The van der Waals surface area contributed by atoms with Crippen molar-refractivity contribution in [2.45, 2.75) is 38.8 Å². The molecule has 1 atom stereocenters. The summed E-state index contributed by atoms with van der Waals surface area (Å²) in [4.78, 5) is 2.51. The first-order chi connectivity index (χ1) is 10.8. The van der Waals surface area contributed by atoms with Crippen molar-refractivity contribution in [1.29, 1.82) is 0 Å². The topological polar surface area (TPSA) is 41.2 Å². The third kappa shape index (κ3) is 4.42. The SMILES string of the molecule is Cc1cccc(CN(CCc2cn[nH]c2)C[C@@H]2CCCO2)c1. The van der Waals surface area contributed by atoms with Crippen molar-refractivity contribution in [3.63, 3.8) is 0 Å². The van der Waals surface area contributed by atoms with Gasteiger partial charge in [-0.2, -0.15) is 5.10 Å². The van der Waals surface area contributed by atoms with Gasteiger partial charge in [0.15, 0.2) is 0 Å². The van der Waals surface area contributed by atoms with Crippen molar-refractivity contribution in [3.8, 4) is 0 Å². The fourth-order valence-electron chi connectivity index (χ4n) is 3.08. The van der Waals surface area contributed by atoms with Crippen LogP contribution in [0.15, 0.2) is 36.7 Å². The number of hydrogen-bond acceptors (Lipinski definition) is 3. The zero-order chi connectivity index (χ0) is 15.2. The van der Waals surface area contributed by atoms with Gasteiger partial charge in [-0.25, -0.2) is 0 Å². The summed E-state index contributed by atoms with van der Waals surface area (Å²) in [7, 11) is 0. The Morgan fingerprint density at radius 2 is 2.32 bits per heavy atom. The first-order valence-corrected chi connectivity index (χ1v) is 8.17. The lowest BCUT2D eigenvalue weighted by atomic mass is 10.1. The van der Waals surface area contributed by atoms with Gasteiger partial charge in [-0.3, -0.25) is 10.00 Å². The lowest BCUT2D eigenvalue weighted by Crippen LogP contribution is -2.33. The molecule has 1 N–H and O–H groups in total. The third-order valence-corrected chi connectivity index (χ3v) is 4.25. The van der Waals surface area contributed by atoms with E-state index in [0.29, 0.717) is 6.10 Å². The molecule has 1 saturated heterocycles. The van der Waals surface area contributed by atoms with Gasteiger partial charge in [-0.15, -0.1) is 0 Å². The average molecular weight is 299 g/mol. The summed E-state index contributed by atoms with van der Waals surface area (Å²) in [6.45, 7) is 6.11. The van der Waals surface area contributed by atoms with Gasteiger partial charge in [0.1, 0.15) is 0 Å². The quantitative estimate of drug-likeness (QED) is 0.854. The number of nitrogens with one attached hydrogen (secondary N) is 1. The first-order valence-electron chi connectivity index (χ1n) is 8.17. The Balaban J connectivity index is 1.61. The summed E-state index contributed by atoms with van der Waals surface area (Å²) in [5.41, 5.74) is 3.97. The van der Waals surface area contributed by atoms with Crippen LogP contribution in [0.4, 0.5) is 0 Å². The van der Waals surface area contributed by atoms with Crippen molar-refractivity contribution in [2.75, 3.05) is 19.7 Å². The molecule has 2 heterocycles. The van der Waals surface area contributed by atoms with E-state index in [1.807, 2.05) is 12.4 Å². The number of rotatable bonds is 7. The van der Waals surface area contributed by atoms with E-state index in [1.54, 1.807) is 0 Å². The first kappa shape index (κ1) is 15.3. The van der Waals surface area contributed by atoms with Crippen molar-refractivity contribution in [2.24, 2.45) is 0 Å². The molecule has 0 unspecified atom stereocenters. The Bertz CT molecular complexity index is 561. The lowest BCUT2D eigenvalue weighted by molar-refractivity contribution is 0.0709. The van der Waals surface area contributed by atoms with E-state index < -0.39 is 0 Å². The van der Waals surface area contributed by atoms with Crippen LogP contribution in [0, 0.1) is 6.92 Å². The van der Waals surface area contributed by atoms with Gasteiger partial charge in [0.05, 0.1) is 12.3 Å². The standard InChI is InChI=1S/C18H25N3O/c1-15-4-2-5-16(10-15)13-21(14-18-6-3-9-22-18)8-7-17-11-19-20-12-17/h2,4-5,10-12,18H,3,6-9,13-14H2,1H3,(H,19,20)/t18-/m0/s1. The molecule has 118 valence electrons. The van der Waals surface area contributed by atoms with Crippen LogP contribution in [0.5, 0.6) is 0 Å². The lowest BCUT2D eigenvalue weighted by Gasteiger charge is -2.25. The van der Waals surface area contributed by atoms with Crippen molar-refractivity contribution in [1.82, 2.24) is 15.1 Å². The minimum absolute atomic E-state index is 0.397. The van der Waals surface area contributed by atoms with Gasteiger partial charge in [0, 0.05) is 32.4 Å². The predicted octanol–water partition coefficient (Wildman–Crippen LogP) is 2.94. The highest BCUT2D eigenvalue weighted by atomic mass is 16.5. The zero-order valence-corrected chi connectivity index (χ0v) is 13.3. The van der Waals surface area contributed by atoms with Crippen LogP contribution >= 0.6 is 0 Å². The van der Waals surface area contributed by atoms with E-state index in [-0.39, 0.29) is 0 Å². The van der Waals surface area contributed by atoms with Crippen LogP contribution in [0.1, 0.15) is 29.5 Å². The maximum atomic E-state index is 5.82. The predicted molar refractivity (Wildman–Crippen MR) is 87.7 cm³/mol. The van der Waals surface area contributed by atoms with Crippen LogP contribution in [0.3, 0.4) is 0 Å². The van der Waals surface area contributed by atoms with Crippen LogP contribution in [-0.4, -0.2) is 40.9 Å². The molecule has 1 aromatic carbocycles. The van der Waals surface area contributed by atoms with E-state index in [4.69, 9.17) is 4.74 Å². The highest BCUT2D eigenvalue weighted by Crippen LogP contribution is 2.16. The molecule has 1 aromatic heterocycles. The molecule has 0 amide bonds. The van der Waals surface area contributed by atoms with Gasteiger partial charge in [0.25, 0.3) is 0 Å². The van der Waals surface area contributed by atoms with Crippen LogP contribution < -0.4 is 0 Å². The molecule has 0 bridgehead atoms. The second kappa shape index (κ2) is 7.56. The molecule has 4 nitrogen and oxygen atoms in total. The molecule has 0 radical (unpaired) electrons. The number of benzene rings is 1. The molecule has 3 rings (SSSR count). The maximum Gasteiger partial charge on any atom is 0.0702 e. The third-order valence-electron chi connectivity index (χ3n) is 4.25. The molecule has 0 spiro atoms. The average Bonchev–Trinajstić information content (AvgIpc) is 3.18. The Hall–Kier alpha value is -1.65. The monoisotopic (exact) mass is 299 g/mol.